The summed E-state index contributed by atoms with van der Waals surface area (Å²) >= 11 is 3.60. The van der Waals surface area contributed by atoms with Crippen molar-refractivity contribution in [3.8, 4) is 0 Å². The van der Waals surface area contributed by atoms with E-state index in [2.05, 4.69) is 46.0 Å². The number of rotatable bonds is 2. The van der Waals surface area contributed by atoms with Crippen LogP contribution in [0, 0.1) is 0 Å². The summed E-state index contributed by atoms with van der Waals surface area (Å²) in [6.07, 6.45) is 0. The number of aliphatic hydroxyl groups is 1. The van der Waals surface area contributed by atoms with Gasteiger partial charge in [0.2, 0.25) is 0 Å². The molecule has 0 amide bonds. The molecular formula is C13H18BrNO. The molecule has 0 radical (unpaired) electrons. The normalized spacial score (nSPS) is 20.1. The molecule has 1 atom stereocenters. The van der Waals surface area contributed by atoms with Gasteiger partial charge >= 0.3 is 0 Å². The maximum absolute atomic E-state index is 10.3. The Hall–Kier alpha value is -0.540. The summed E-state index contributed by atoms with van der Waals surface area (Å²) in [7, 11) is 0. The second-order valence-electron chi connectivity index (χ2n) is 4.92. The van der Waals surface area contributed by atoms with Crippen LogP contribution in [-0.4, -0.2) is 23.8 Å². The van der Waals surface area contributed by atoms with Gasteiger partial charge in [-0.3, -0.25) is 0 Å². The molecule has 1 aromatic rings. The molecule has 2 nitrogen and oxygen atoms in total. The van der Waals surface area contributed by atoms with Gasteiger partial charge in [-0.2, -0.15) is 0 Å². The minimum Gasteiger partial charge on any atom is -0.390 e. The van der Waals surface area contributed by atoms with Gasteiger partial charge in [-0.25, -0.2) is 0 Å². The van der Waals surface area contributed by atoms with Crippen molar-refractivity contribution >= 4 is 21.6 Å². The second kappa shape index (κ2) is 4.04. The Bertz CT molecular complexity index is 397. The zero-order valence-electron chi connectivity index (χ0n) is 10.00. The number of benzene rings is 1. The van der Waals surface area contributed by atoms with Crippen LogP contribution >= 0.6 is 15.9 Å². The van der Waals surface area contributed by atoms with Crippen molar-refractivity contribution in [1.29, 1.82) is 0 Å². The number of halogens is 1. The Labute approximate surface area is 105 Å². The first-order chi connectivity index (χ1) is 7.45. The largest absolute Gasteiger partial charge is 0.390 e. The lowest BCUT2D eigenvalue weighted by Gasteiger charge is -2.27. The van der Waals surface area contributed by atoms with Crippen molar-refractivity contribution in [2.24, 2.45) is 0 Å². The van der Waals surface area contributed by atoms with Crippen LogP contribution in [0.5, 0.6) is 0 Å². The molecule has 1 heterocycles. The molecule has 0 fully saturated rings. The van der Waals surface area contributed by atoms with E-state index in [1.807, 2.05) is 13.8 Å². The summed E-state index contributed by atoms with van der Waals surface area (Å²) in [6.45, 7) is 7.81. The summed E-state index contributed by atoms with van der Waals surface area (Å²) in [4.78, 5) is 2.32. The van der Waals surface area contributed by atoms with E-state index in [0.29, 0.717) is 0 Å². The molecule has 3 heteroatoms. The number of anilines is 1. The minimum atomic E-state index is -0.678. The van der Waals surface area contributed by atoms with Gasteiger partial charge < -0.3 is 10.0 Å². The monoisotopic (exact) mass is 283 g/mol. The molecule has 2 rings (SSSR count). The van der Waals surface area contributed by atoms with Crippen LogP contribution in [0.3, 0.4) is 0 Å². The van der Waals surface area contributed by atoms with E-state index < -0.39 is 5.60 Å². The Morgan fingerprint density at radius 1 is 1.50 bits per heavy atom. The molecule has 0 aliphatic carbocycles. The van der Waals surface area contributed by atoms with Crippen LogP contribution in [0.2, 0.25) is 0 Å². The van der Waals surface area contributed by atoms with Gasteiger partial charge in [-0.1, -0.05) is 22.0 Å². The second-order valence-corrected chi connectivity index (χ2v) is 5.77. The summed E-state index contributed by atoms with van der Waals surface area (Å²) in [5.74, 6) is 0.179. The third-order valence-corrected chi connectivity index (χ3v) is 4.05. The van der Waals surface area contributed by atoms with Crippen molar-refractivity contribution in [2.45, 2.75) is 32.3 Å². The van der Waals surface area contributed by atoms with Crippen molar-refractivity contribution in [3.63, 3.8) is 0 Å². The highest BCUT2D eigenvalue weighted by molar-refractivity contribution is 9.10. The summed E-state index contributed by atoms with van der Waals surface area (Å²) in [6, 6.07) is 6.24. The fourth-order valence-corrected chi connectivity index (χ4v) is 3.06. The molecular weight excluding hydrogens is 266 g/mol. The van der Waals surface area contributed by atoms with Crippen molar-refractivity contribution in [2.75, 3.05) is 18.0 Å². The SMILES string of the molecule is CCN1CC(C(C)(C)O)c2c(Br)cccc21. The van der Waals surface area contributed by atoms with E-state index in [0.717, 1.165) is 17.6 Å². The topological polar surface area (TPSA) is 23.5 Å². The summed E-state index contributed by atoms with van der Waals surface area (Å²) < 4.78 is 1.10. The van der Waals surface area contributed by atoms with E-state index in [1.165, 1.54) is 11.3 Å². The highest BCUT2D eigenvalue weighted by atomic mass is 79.9. The predicted octanol–water partition coefficient (Wildman–Crippen LogP) is 3.14. The quantitative estimate of drug-likeness (QED) is 0.901. The minimum absolute atomic E-state index is 0.179. The van der Waals surface area contributed by atoms with Crippen LogP contribution in [0.15, 0.2) is 22.7 Å². The molecule has 0 saturated heterocycles. The van der Waals surface area contributed by atoms with Gasteiger partial charge in [-0.05, 0) is 38.5 Å². The first-order valence-corrected chi connectivity index (χ1v) is 6.50. The first kappa shape index (κ1) is 11.9. The van der Waals surface area contributed by atoms with Gasteiger partial charge in [0.05, 0.1) is 5.60 Å². The molecule has 0 saturated carbocycles. The summed E-state index contributed by atoms with van der Waals surface area (Å²) in [5, 5.41) is 10.3. The Balaban J connectivity index is 2.52. The zero-order chi connectivity index (χ0) is 11.9. The predicted molar refractivity (Wildman–Crippen MR) is 71.1 cm³/mol. The lowest BCUT2D eigenvalue weighted by atomic mass is 9.86. The molecule has 1 aromatic carbocycles. The van der Waals surface area contributed by atoms with Crippen LogP contribution in [-0.2, 0) is 0 Å². The summed E-state index contributed by atoms with van der Waals surface area (Å²) in [5.41, 5.74) is 1.82. The van der Waals surface area contributed by atoms with E-state index in [9.17, 15) is 5.11 Å². The Kier molecular flexibility index (Phi) is 3.01. The van der Waals surface area contributed by atoms with Gasteiger partial charge in [0.1, 0.15) is 0 Å². The number of fused-ring (bicyclic) bond motifs is 1. The highest BCUT2D eigenvalue weighted by Gasteiger charge is 2.38. The highest BCUT2D eigenvalue weighted by Crippen LogP contribution is 2.45. The molecule has 1 unspecified atom stereocenters. The van der Waals surface area contributed by atoms with Gasteiger partial charge in [0.25, 0.3) is 0 Å². The molecule has 1 aliphatic rings. The molecule has 16 heavy (non-hydrogen) atoms. The van der Waals surface area contributed by atoms with Crippen LogP contribution in [0.1, 0.15) is 32.3 Å². The molecule has 0 spiro atoms. The average Bonchev–Trinajstić information content (AvgIpc) is 2.57. The number of likely N-dealkylation sites (N-methyl/N-ethyl adjacent to an activating group) is 1. The third kappa shape index (κ3) is 1.87. The molecule has 88 valence electrons. The van der Waals surface area contributed by atoms with Gasteiger partial charge in [-0.15, -0.1) is 0 Å². The maximum Gasteiger partial charge on any atom is 0.0678 e. The van der Waals surface area contributed by atoms with E-state index in [4.69, 9.17) is 0 Å². The van der Waals surface area contributed by atoms with E-state index in [1.54, 1.807) is 0 Å². The van der Waals surface area contributed by atoms with E-state index >= 15 is 0 Å². The Morgan fingerprint density at radius 2 is 2.19 bits per heavy atom. The first-order valence-electron chi connectivity index (χ1n) is 5.71. The van der Waals surface area contributed by atoms with Crippen molar-refractivity contribution < 1.29 is 5.11 Å². The van der Waals surface area contributed by atoms with Crippen LogP contribution in [0.4, 0.5) is 5.69 Å². The zero-order valence-corrected chi connectivity index (χ0v) is 11.6. The number of hydrogen-bond donors (Lipinski definition) is 1. The van der Waals surface area contributed by atoms with Crippen molar-refractivity contribution in [1.82, 2.24) is 0 Å². The van der Waals surface area contributed by atoms with Gasteiger partial charge in [0.15, 0.2) is 0 Å². The lowest BCUT2D eigenvalue weighted by Crippen LogP contribution is -2.33. The Morgan fingerprint density at radius 3 is 2.75 bits per heavy atom. The fourth-order valence-electron chi connectivity index (χ4n) is 2.43. The molecule has 0 bridgehead atoms. The van der Waals surface area contributed by atoms with Crippen LogP contribution < -0.4 is 4.90 Å². The molecule has 1 N–H and O–H groups in total. The number of nitrogens with zero attached hydrogens (tertiary/aromatic N) is 1. The molecule has 1 aliphatic heterocycles. The van der Waals surface area contributed by atoms with Crippen LogP contribution in [0.25, 0.3) is 0 Å². The lowest BCUT2D eigenvalue weighted by molar-refractivity contribution is 0.0547. The standard InChI is InChI=1S/C13H18BrNO/c1-4-15-8-9(13(2,3)16)12-10(14)6-5-7-11(12)15/h5-7,9,16H,4,8H2,1-3H3. The number of hydrogen-bond acceptors (Lipinski definition) is 2. The average molecular weight is 284 g/mol. The van der Waals surface area contributed by atoms with Gasteiger partial charge in [0, 0.05) is 29.2 Å². The smallest absolute Gasteiger partial charge is 0.0678 e. The fraction of sp³-hybridized carbons (Fsp3) is 0.538. The maximum atomic E-state index is 10.3. The third-order valence-electron chi connectivity index (χ3n) is 3.36. The van der Waals surface area contributed by atoms with E-state index in [-0.39, 0.29) is 5.92 Å². The molecule has 0 aromatic heterocycles. The van der Waals surface area contributed by atoms with Crippen molar-refractivity contribution in [3.05, 3.63) is 28.2 Å².